The fourth-order valence-corrected chi connectivity index (χ4v) is 8.57. The number of nitrogens with one attached hydrogen (secondary N) is 1. The van der Waals surface area contributed by atoms with Gasteiger partial charge in [-0.25, -0.2) is 4.58 Å². The first-order valence-electron chi connectivity index (χ1n) is 18.8. The Labute approximate surface area is 309 Å². The largest absolute Gasteiger partial charge is 0.456 e. The zero-order valence-electron chi connectivity index (χ0n) is 30.7. The van der Waals surface area contributed by atoms with Gasteiger partial charge in [-0.2, -0.15) is 0 Å². The van der Waals surface area contributed by atoms with Crippen molar-refractivity contribution in [2.75, 3.05) is 36.4 Å². The zero-order valence-corrected chi connectivity index (χ0v) is 30.7. The minimum Gasteiger partial charge on any atom is -0.456 e. The van der Waals surface area contributed by atoms with Crippen LogP contribution < -0.4 is 20.1 Å². The summed E-state index contributed by atoms with van der Waals surface area (Å²) in [7, 11) is 0. The van der Waals surface area contributed by atoms with Crippen molar-refractivity contribution < 1.29 is 9.21 Å². The van der Waals surface area contributed by atoms with E-state index in [4.69, 9.17) is 4.42 Å². The number of fused-ring (bicyclic) bond motifs is 4. The topological polar surface area (TPSA) is 48.5 Å². The van der Waals surface area contributed by atoms with E-state index in [1.54, 1.807) is 0 Å². The van der Waals surface area contributed by atoms with Gasteiger partial charge in [-0.05, 0) is 101 Å². The molecule has 0 saturated carbocycles. The molecule has 53 heavy (non-hydrogen) atoms. The van der Waals surface area contributed by atoms with Crippen LogP contribution in [0.25, 0.3) is 76.5 Å². The molecule has 5 nitrogen and oxygen atoms in total. The molecule has 1 aliphatic carbocycles. The summed E-state index contributed by atoms with van der Waals surface area (Å²) in [6.07, 6.45) is 0. The Morgan fingerprint density at radius 3 is 2.02 bits per heavy atom. The molecule has 0 radical (unpaired) electrons. The average Bonchev–Trinajstić information content (AvgIpc) is 3.20. The molecule has 260 valence electrons. The van der Waals surface area contributed by atoms with E-state index in [0.717, 1.165) is 81.7 Å². The Hall–Kier alpha value is -6.20. The summed E-state index contributed by atoms with van der Waals surface area (Å²) >= 11 is 0. The van der Waals surface area contributed by atoms with Gasteiger partial charge in [-0.15, -0.1) is 0 Å². The van der Waals surface area contributed by atoms with Crippen molar-refractivity contribution in [3.63, 3.8) is 0 Å². The molecule has 2 aliphatic rings. The summed E-state index contributed by atoms with van der Waals surface area (Å²) in [6, 6.07) is 44.6. The average molecular weight is 693 g/mol. The third kappa shape index (κ3) is 5.22. The molecule has 1 amide bonds. The molecular formula is C48H42N3O2+. The molecule has 1 aliphatic heterocycles. The van der Waals surface area contributed by atoms with Crippen molar-refractivity contribution in [2.45, 2.75) is 27.7 Å². The predicted molar refractivity (Wildman–Crippen MR) is 224 cm³/mol. The van der Waals surface area contributed by atoms with Gasteiger partial charge in [0.2, 0.25) is 5.36 Å². The van der Waals surface area contributed by atoms with Gasteiger partial charge in [0.05, 0.1) is 6.07 Å². The predicted octanol–water partition coefficient (Wildman–Crippen LogP) is 11.2. The fraction of sp³-hybridized carbons (Fsp3) is 0.167. The standard InChI is InChI=1S/C48H41N3O2/c1-5-50(6-2)31-22-24-40-43(28-31)53-44-29-32(51(7-3)8-4)23-25-41(44)47(40)36-16-9-10-17-38(36)48(52)49-42-27-26-37-34-19-12-15-30-14-11-18-33(45(30)34)35-20-13-21-39(42)46(35)37/h9-29H,5-8H2,1-4H3/p+1. The Morgan fingerprint density at radius 1 is 0.623 bits per heavy atom. The number of benzene rings is 8. The first-order chi connectivity index (χ1) is 26.0. The third-order valence-corrected chi connectivity index (χ3v) is 11.2. The van der Waals surface area contributed by atoms with Crippen molar-refractivity contribution in [2.24, 2.45) is 0 Å². The van der Waals surface area contributed by atoms with E-state index in [0.29, 0.717) is 5.56 Å². The van der Waals surface area contributed by atoms with Crippen LogP contribution in [0.15, 0.2) is 132 Å². The van der Waals surface area contributed by atoms with Crippen LogP contribution in [0.2, 0.25) is 0 Å². The number of anilines is 2. The Morgan fingerprint density at radius 2 is 1.28 bits per heavy atom. The van der Waals surface area contributed by atoms with E-state index in [-0.39, 0.29) is 5.91 Å². The van der Waals surface area contributed by atoms with Crippen LogP contribution >= 0.6 is 0 Å². The summed E-state index contributed by atoms with van der Waals surface area (Å²) < 4.78 is 9.07. The highest BCUT2D eigenvalue weighted by molar-refractivity contribution is 6.34. The smallest absolute Gasteiger partial charge is 0.256 e. The fourth-order valence-electron chi connectivity index (χ4n) is 8.57. The van der Waals surface area contributed by atoms with Crippen LogP contribution in [-0.4, -0.2) is 32.1 Å². The Kier molecular flexibility index (Phi) is 8.07. The number of amides is 1. The van der Waals surface area contributed by atoms with E-state index >= 15 is 0 Å². The lowest BCUT2D eigenvalue weighted by atomic mass is 9.89. The zero-order chi connectivity index (χ0) is 36.2. The van der Waals surface area contributed by atoms with Crippen molar-refractivity contribution >= 4 is 71.3 Å². The molecule has 7 aromatic carbocycles. The normalized spacial score (nSPS) is 11.8. The summed E-state index contributed by atoms with van der Waals surface area (Å²) in [4.78, 5) is 16.9. The summed E-state index contributed by atoms with van der Waals surface area (Å²) in [5, 5.41) is 15.0. The van der Waals surface area contributed by atoms with Gasteiger partial charge in [0.1, 0.15) is 24.4 Å². The molecule has 0 aromatic heterocycles. The monoisotopic (exact) mass is 692 g/mol. The molecule has 0 spiro atoms. The van der Waals surface area contributed by atoms with Gasteiger partial charge < -0.3 is 14.6 Å². The number of hydrogen-bond donors (Lipinski definition) is 1. The van der Waals surface area contributed by atoms with E-state index in [2.05, 4.69) is 152 Å². The van der Waals surface area contributed by atoms with Gasteiger partial charge in [-0.1, -0.05) is 78.9 Å². The molecular weight excluding hydrogens is 651 g/mol. The van der Waals surface area contributed by atoms with Crippen LogP contribution in [0.4, 0.5) is 11.4 Å². The van der Waals surface area contributed by atoms with Gasteiger partial charge in [0.25, 0.3) is 5.91 Å². The second-order valence-electron chi connectivity index (χ2n) is 13.8. The number of nitrogens with zero attached hydrogens (tertiary/aromatic N) is 2. The van der Waals surface area contributed by atoms with Crippen LogP contribution in [0.5, 0.6) is 0 Å². The van der Waals surface area contributed by atoms with Crippen molar-refractivity contribution in [3.8, 4) is 22.5 Å². The highest BCUT2D eigenvalue weighted by Gasteiger charge is 2.24. The molecule has 0 saturated heterocycles. The van der Waals surface area contributed by atoms with Crippen molar-refractivity contribution in [1.29, 1.82) is 0 Å². The number of carbonyl (C=O) groups is 1. The molecule has 0 atom stereocenters. The number of hydrogen-bond acceptors (Lipinski definition) is 3. The lowest BCUT2D eigenvalue weighted by Gasteiger charge is -2.23. The molecule has 9 rings (SSSR count). The van der Waals surface area contributed by atoms with Crippen molar-refractivity contribution in [3.05, 3.63) is 138 Å². The summed E-state index contributed by atoms with van der Waals surface area (Å²) in [5.74, 6) is 0.643. The van der Waals surface area contributed by atoms with Crippen LogP contribution in [0.1, 0.15) is 38.1 Å². The maximum absolute atomic E-state index is 14.6. The molecule has 7 aromatic rings. The molecule has 0 unspecified atom stereocenters. The maximum Gasteiger partial charge on any atom is 0.256 e. The van der Waals surface area contributed by atoms with Crippen molar-refractivity contribution in [1.82, 2.24) is 4.58 Å². The molecule has 0 fully saturated rings. The number of rotatable bonds is 8. The highest BCUT2D eigenvalue weighted by atomic mass is 16.3. The molecule has 5 heteroatoms. The first-order valence-corrected chi connectivity index (χ1v) is 18.8. The van der Waals surface area contributed by atoms with Crippen LogP contribution in [0, 0.1) is 0 Å². The van der Waals surface area contributed by atoms with Gasteiger partial charge >= 0.3 is 0 Å². The number of carbonyl (C=O) groups excluding carboxylic acids is 1. The maximum atomic E-state index is 14.6. The van der Waals surface area contributed by atoms with E-state index in [1.807, 2.05) is 18.2 Å². The molecule has 0 bridgehead atoms. The lowest BCUT2D eigenvalue weighted by Crippen LogP contribution is -2.29. The summed E-state index contributed by atoms with van der Waals surface area (Å²) in [5.41, 5.74) is 6.14. The minimum absolute atomic E-state index is 0.152. The molecule has 1 heterocycles. The second kappa shape index (κ2) is 13.1. The van der Waals surface area contributed by atoms with E-state index < -0.39 is 0 Å². The first kappa shape index (κ1) is 32.7. The van der Waals surface area contributed by atoms with E-state index in [9.17, 15) is 4.79 Å². The summed E-state index contributed by atoms with van der Waals surface area (Å²) in [6.45, 7) is 12.3. The molecule has 1 N–H and O–H groups in total. The third-order valence-electron chi connectivity index (χ3n) is 11.2. The van der Waals surface area contributed by atoms with E-state index in [1.165, 1.54) is 37.7 Å². The van der Waals surface area contributed by atoms with Gasteiger partial charge in [-0.3, -0.25) is 4.79 Å². The highest BCUT2D eigenvalue weighted by Crippen LogP contribution is 2.44. The van der Waals surface area contributed by atoms with Gasteiger partial charge in [0, 0.05) is 64.1 Å². The van der Waals surface area contributed by atoms with Crippen LogP contribution in [-0.2, 0) is 0 Å². The lowest BCUT2D eigenvalue weighted by molar-refractivity contribution is 0.102. The quantitative estimate of drug-likeness (QED) is 0.0980. The SMILES string of the molecule is CCN(CC)c1ccc2c(-c3ccccc3C(=O)Nc3ccc4c5cccc6cccc(c7cccc3c74)c65)c3ccc(=[N+](CC)CC)cc-3oc2c1. The Balaban J connectivity index is 1.22. The van der Waals surface area contributed by atoms with Gasteiger partial charge in [0.15, 0.2) is 0 Å². The Bertz CT molecular complexity index is 2840. The second-order valence-corrected chi connectivity index (χ2v) is 13.8. The van der Waals surface area contributed by atoms with Crippen LogP contribution in [0.3, 0.4) is 0 Å². The minimum atomic E-state index is -0.152.